The number of imide groups is 1. The van der Waals surface area contributed by atoms with Gasteiger partial charge >= 0.3 is 0 Å². The van der Waals surface area contributed by atoms with Gasteiger partial charge < -0.3 is 0 Å². The fourth-order valence-electron chi connectivity index (χ4n) is 7.01. The Morgan fingerprint density at radius 1 is 0.750 bits per heavy atom. The van der Waals surface area contributed by atoms with Crippen LogP contribution in [0.15, 0.2) is 91.0 Å². The molecule has 1 saturated heterocycles. The minimum absolute atomic E-state index is 0.0414. The highest BCUT2D eigenvalue weighted by atomic mass is 35.5. The first-order chi connectivity index (χ1) is 21.2. The smallest absolute Gasteiger partial charge is 0.272 e. The molecule has 0 N–H and O–H groups in total. The lowest BCUT2D eigenvalue weighted by Gasteiger charge is -2.45. The van der Waals surface area contributed by atoms with E-state index in [0.29, 0.717) is 0 Å². The maximum absolute atomic E-state index is 14.4. The van der Waals surface area contributed by atoms with Gasteiger partial charge in [-0.3, -0.25) is 34.6 Å². The van der Waals surface area contributed by atoms with Crippen molar-refractivity contribution < 1.29 is 24.2 Å². The fourth-order valence-corrected chi connectivity index (χ4v) is 7.18. The van der Waals surface area contributed by atoms with E-state index in [-0.39, 0.29) is 21.8 Å². The molecule has 2 bridgehead atoms. The zero-order valence-corrected chi connectivity index (χ0v) is 23.5. The van der Waals surface area contributed by atoms with Crippen LogP contribution in [0.2, 0.25) is 5.02 Å². The summed E-state index contributed by atoms with van der Waals surface area (Å²) >= 11 is 6.02. The van der Waals surface area contributed by atoms with Gasteiger partial charge in [0, 0.05) is 40.6 Å². The summed E-state index contributed by atoms with van der Waals surface area (Å²) < 4.78 is 0. The predicted octanol–water partition coefficient (Wildman–Crippen LogP) is 5.61. The molecule has 4 aromatic rings. The van der Waals surface area contributed by atoms with Gasteiger partial charge in [0.05, 0.1) is 33.8 Å². The second-order valence-electron chi connectivity index (χ2n) is 10.9. The molecule has 1 aliphatic heterocycles. The molecule has 1 fully saturated rings. The molecular formula is C32H21ClN4O7. The Morgan fingerprint density at radius 3 is 1.70 bits per heavy atom. The Hall–Kier alpha value is -5.42. The molecule has 0 unspecified atom stereocenters. The number of non-ortho nitro benzene ring substituents is 1. The largest absolute Gasteiger partial charge is 0.275 e. The van der Waals surface area contributed by atoms with Gasteiger partial charge in [-0.05, 0) is 46.5 Å². The number of benzene rings is 4. The van der Waals surface area contributed by atoms with Crippen LogP contribution >= 0.6 is 11.6 Å². The first-order valence-electron chi connectivity index (χ1n) is 13.7. The van der Waals surface area contributed by atoms with Crippen molar-refractivity contribution in [2.75, 3.05) is 0 Å². The molecule has 11 nitrogen and oxygen atoms in total. The molecule has 44 heavy (non-hydrogen) atoms. The standard InChI is InChI=1S/C32H21ClN4O7/c33-19-12-9-18(25(15-19)37(43)44)16-34(30(38)17-10-13-20(14-11-17)36(41)42)35-31(39)28-26-21-5-1-2-6-22(21)27(29(28)32(35)40)24-8-4-3-7-23(24)26/h1-15,26-29H,16H2/t26?,27?,28-,29+. The third-order valence-electron chi connectivity index (χ3n) is 8.79. The van der Waals surface area contributed by atoms with Crippen molar-refractivity contribution in [1.82, 2.24) is 10.0 Å². The van der Waals surface area contributed by atoms with Gasteiger partial charge in [-0.2, -0.15) is 5.01 Å². The van der Waals surface area contributed by atoms with E-state index in [9.17, 15) is 34.6 Å². The minimum atomic E-state index is -0.827. The normalized spacial score (nSPS) is 21.0. The maximum Gasteiger partial charge on any atom is 0.275 e. The Bertz CT molecular complexity index is 1810. The lowest BCUT2D eigenvalue weighted by atomic mass is 9.55. The van der Waals surface area contributed by atoms with Crippen LogP contribution in [-0.4, -0.2) is 37.6 Å². The Balaban J connectivity index is 1.36. The van der Waals surface area contributed by atoms with E-state index in [1.807, 2.05) is 48.5 Å². The SMILES string of the molecule is O=C(c1ccc([N+](=O)[O-])cc1)N(Cc1ccc(Cl)cc1[N+](=O)[O-])N1C(=O)[C@@H]2C3c4ccccc4C(c4ccccc43)[C@@H]2C1=O. The monoisotopic (exact) mass is 608 g/mol. The van der Waals surface area contributed by atoms with Crippen molar-refractivity contribution in [2.45, 2.75) is 18.4 Å². The van der Waals surface area contributed by atoms with E-state index < -0.39 is 63.5 Å². The topological polar surface area (TPSA) is 144 Å². The van der Waals surface area contributed by atoms with Crippen LogP contribution in [0.3, 0.4) is 0 Å². The molecule has 0 aromatic heterocycles. The summed E-state index contributed by atoms with van der Waals surface area (Å²) in [5.74, 6) is -4.47. The highest BCUT2D eigenvalue weighted by Crippen LogP contribution is 2.61. The van der Waals surface area contributed by atoms with Gasteiger partial charge in [-0.25, -0.2) is 5.01 Å². The van der Waals surface area contributed by atoms with Gasteiger partial charge in [-0.1, -0.05) is 60.1 Å². The number of halogens is 1. The molecule has 2 atom stereocenters. The summed E-state index contributed by atoms with van der Waals surface area (Å²) in [6.45, 7) is -0.505. The zero-order chi connectivity index (χ0) is 30.9. The number of nitrogens with zero attached hydrogens (tertiary/aromatic N) is 4. The van der Waals surface area contributed by atoms with Crippen LogP contribution in [0, 0.1) is 32.1 Å². The fraction of sp³-hybridized carbons (Fsp3) is 0.156. The Labute approximate surface area is 254 Å². The van der Waals surface area contributed by atoms with Crippen molar-refractivity contribution in [3.05, 3.63) is 150 Å². The highest BCUT2D eigenvalue weighted by molar-refractivity contribution is 6.30. The second-order valence-corrected chi connectivity index (χ2v) is 11.4. The lowest BCUT2D eigenvalue weighted by Crippen LogP contribution is -2.50. The summed E-state index contributed by atoms with van der Waals surface area (Å²) in [6.07, 6.45) is 0. The summed E-state index contributed by atoms with van der Waals surface area (Å²) in [5.41, 5.74) is 3.13. The molecule has 3 amide bonds. The molecule has 8 rings (SSSR count). The summed E-state index contributed by atoms with van der Waals surface area (Å²) in [4.78, 5) is 64.8. The number of hydrogen-bond donors (Lipinski definition) is 0. The van der Waals surface area contributed by atoms with Gasteiger partial charge in [0.1, 0.15) is 0 Å². The summed E-state index contributed by atoms with van der Waals surface area (Å²) in [5, 5.41) is 25.0. The van der Waals surface area contributed by atoms with Crippen LogP contribution in [-0.2, 0) is 16.1 Å². The first kappa shape index (κ1) is 27.4. The molecule has 0 spiro atoms. The quantitative estimate of drug-likeness (QED) is 0.157. The summed E-state index contributed by atoms with van der Waals surface area (Å²) in [7, 11) is 0. The molecule has 0 saturated carbocycles. The second kappa shape index (κ2) is 10.1. The van der Waals surface area contributed by atoms with Gasteiger partial charge in [-0.15, -0.1) is 0 Å². The highest BCUT2D eigenvalue weighted by Gasteiger charge is 2.63. The lowest BCUT2D eigenvalue weighted by molar-refractivity contribution is -0.385. The molecule has 12 heteroatoms. The first-order valence-corrected chi connectivity index (χ1v) is 14.1. The average Bonchev–Trinajstić information content (AvgIpc) is 3.29. The summed E-state index contributed by atoms with van der Waals surface area (Å²) in [6, 6.07) is 24.0. The van der Waals surface area contributed by atoms with E-state index in [1.165, 1.54) is 24.3 Å². The number of rotatable bonds is 6. The molecule has 1 heterocycles. The van der Waals surface area contributed by atoms with Gasteiger partial charge in [0.15, 0.2) is 0 Å². The number of nitro benzene ring substituents is 2. The Morgan fingerprint density at radius 2 is 1.25 bits per heavy atom. The van der Waals surface area contributed by atoms with Gasteiger partial charge in [0.2, 0.25) is 0 Å². The molecule has 3 aliphatic carbocycles. The van der Waals surface area contributed by atoms with Crippen LogP contribution in [0.4, 0.5) is 11.4 Å². The number of hydrogen-bond acceptors (Lipinski definition) is 7. The van der Waals surface area contributed by atoms with E-state index in [1.54, 1.807) is 0 Å². The Kier molecular flexibility index (Phi) is 6.29. The van der Waals surface area contributed by atoms with E-state index in [4.69, 9.17) is 11.6 Å². The van der Waals surface area contributed by atoms with Crippen LogP contribution in [0.5, 0.6) is 0 Å². The van der Waals surface area contributed by atoms with E-state index in [2.05, 4.69) is 0 Å². The van der Waals surface area contributed by atoms with Crippen molar-refractivity contribution >= 4 is 40.7 Å². The number of amides is 3. The maximum atomic E-state index is 14.4. The van der Waals surface area contributed by atoms with E-state index in [0.717, 1.165) is 50.5 Å². The van der Waals surface area contributed by atoms with Crippen molar-refractivity contribution in [1.29, 1.82) is 0 Å². The molecule has 4 aliphatic rings. The zero-order valence-electron chi connectivity index (χ0n) is 22.7. The minimum Gasteiger partial charge on any atom is -0.272 e. The van der Waals surface area contributed by atoms with Crippen molar-refractivity contribution in [3.63, 3.8) is 0 Å². The van der Waals surface area contributed by atoms with Gasteiger partial charge in [0.25, 0.3) is 29.1 Å². The molecule has 4 aromatic carbocycles. The molecule has 0 radical (unpaired) electrons. The third kappa shape index (κ3) is 4.00. The van der Waals surface area contributed by atoms with Crippen LogP contribution in [0.25, 0.3) is 0 Å². The number of carbonyl (C=O) groups excluding carboxylic acids is 3. The molecular weight excluding hydrogens is 588 g/mol. The predicted molar refractivity (Wildman–Crippen MR) is 156 cm³/mol. The van der Waals surface area contributed by atoms with Crippen LogP contribution < -0.4 is 0 Å². The van der Waals surface area contributed by atoms with Crippen LogP contribution in [0.1, 0.15) is 50.0 Å². The number of nitro groups is 2. The molecule has 218 valence electrons. The average molecular weight is 609 g/mol. The number of hydrazine groups is 1. The number of carbonyl (C=O) groups is 3. The van der Waals surface area contributed by atoms with Crippen molar-refractivity contribution in [2.24, 2.45) is 11.8 Å². The third-order valence-corrected chi connectivity index (χ3v) is 9.03. The van der Waals surface area contributed by atoms with E-state index >= 15 is 0 Å². The van der Waals surface area contributed by atoms with Crippen molar-refractivity contribution in [3.8, 4) is 0 Å².